The van der Waals surface area contributed by atoms with E-state index in [1.54, 1.807) is 18.2 Å². The number of hydrogen-bond donors (Lipinski definition) is 2. The van der Waals surface area contributed by atoms with Gasteiger partial charge in [0, 0.05) is 30.5 Å². The number of alkyl halides is 3. The molecule has 0 atom stereocenters. The smallest absolute Gasteiger partial charge is 0.362 e. The number of hydroxylamine groups is 1. The molecule has 2 N–H and O–H groups in total. The van der Waals surface area contributed by atoms with Crippen molar-refractivity contribution >= 4 is 45.7 Å². The Morgan fingerprint density at radius 2 is 1.68 bits per heavy atom. The quantitative estimate of drug-likeness (QED) is 0.102. The van der Waals surface area contributed by atoms with E-state index in [0.29, 0.717) is 39.9 Å². The molecule has 10 nitrogen and oxygen atoms in total. The van der Waals surface area contributed by atoms with Gasteiger partial charge in [0.2, 0.25) is 5.95 Å². The number of anilines is 4. The summed E-state index contributed by atoms with van der Waals surface area (Å²) in [7, 11) is 0. The first-order valence-electron chi connectivity index (χ1n) is 16.4. The minimum Gasteiger partial charge on any atom is -0.362 e. The maximum Gasteiger partial charge on any atom is 0.493 e. The van der Waals surface area contributed by atoms with Gasteiger partial charge in [-0.3, -0.25) is 4.79 Å². The number of carbonyl (C=O) groups excluding carboxylic acids is 2. The second-order valence-corrected chi connectivity index (χ2v) is 12.8. The van der Waals surface area contributed by atoms with Gasteiger partial charge in [0.15, 0.2) is 5.13 Å². The average molecular weight is 756 g/mol. The Balaban J connectivity index is 1.32. The number of halogens is 6. The molecule has 0 spiro atoms. The summed E-state index contributed by atoms with van der Waals surface area (Å²) >= 11 is 1.18. The summed E-state index contributed by atoms with van der Waals surface area (Å²) in [6.45, 7) is 5.13. The number of nitrogens with zero attached hydrogens (tertiary/aromatic N) is 5. The van der Waals surface area contributed by atoms with Crippen LogP contribution in [0.2, 0.25) is 0 Å². The molecule has 3 aromatic carbocycles. The molecule has 5 aromatic rings. The van der Waals surface area contributed by atoms with Crippen LogP contribution in [0.15, 0.2) is 72.9 Å². The van der Waals surface area contributed by atoms with Crippen molar-refractivity contribution < 1.29 is 40.8 Å². The number of likely N-dealkylation sites (tertiary alicyclic amines) is 1. The van der Waals surface area contributed by atoms with Crippen LogP contribution in [0.4, 0.5) is 48.8 Å². The minimum atomic E-state index is -5.55. The van der Waals surface area contributed by atoms with Gasteiger partial charge >= 0.3 is 12.1 Å². The molecule has 0 saturated carbocycles. The van der Waals surface area contributed by atoms with Crippen molar-refractivity contribution in [3.05, 3.63) is 102 Å². The third-order valence-electron chi connectivity index (χ3n) is 8.17. The van der Waals surface area contributed by atoms with Gasteiger partial charge in [-0.2, -0.15) is 13.2 Å². The standard InChI is InChI=1S/C36H31F6N7O3S/c1-2-43-35-47-30(22-7-5-8-24(19-22)49(52-33(51)36(40,41)42)32(50)29-25(37)9-6-10-26(29)38)31(53-35)28-13-15-44-34(46-28)45-23-12-11-21(27(39)20-23)14-18-48-16-3-4-17-48/h5-13,15,19-20H,2-4,14,16-18H2,1H3,(H,43,47)(H,44,45,46). The molecule has 276 valence electrons. The van der Waals surface area contributed by atoms with Gasteiger partial charge in [-0.05, 0) is 87.3 Å². The summed E-state index contributed by atoms with van der Waals surface area (Å²) in [5.41, 5.74) is 0.126. The third-order valence-corrected chi connectivity index (χ3v) is 9.21. The fourth-order valence-electron chi connectivity index (χ4n) is 5.63. The van der Waals surface area contributed by atoms with Gasteiger partial charge in [0.05, 0.1) is 22.0 Å². The minimum absolute atomic E-state index is 0.123. The molecule has 1 aliphatic rings. The zero-order valence-corrected chi connectivity index (χ0v) is 28.8. The number of nitrogens with one attached hydrogen (secondary N) is 2. The Labute approximate surface area is 303 Å². The van der Waals surface area contributed by atoms with Gasteiger partial charge in [-0.15, -0.1) is 5.06 Å². The molecule has 0 bridgehead atoms. The topological polar surface area (TPSA) is 113 Å². The van der Waals surface area contributed by atoms with Gasteiger partial charge in [0.1, 0.15) is 23.0 Å². The molecule has 0 radical (unpaired) electrons. The Kier molecular flexibility index (Phi) is 11.2. The largest absolute Gasteiger partial charge is 0.493 e. The monoisotopic (exact) mass is 755 g/mol. The Hall–Kier alpha value is -5.55. The van der Waals surface area contributed by atoms with Gasteiger partial charge in [-0.25, -0.2) is 32.9 Å². The lowest BCUT2D eigenvalue weighted by molar-refractivity contribution is -0.200. The first kappa shape index (κ1) is 37.2. The van der Waals surface area contributed by atoms with E-state index < -0.39 is 40.9 Å². The summed E-state index contributed by atoms with van der Waals surface area (Å²) < 4.78 is 84.1. The maximum atomic E-state index is 15.0. The molecular formula is C36H31F6N7O3S. The van der Waals surface area contributed by atoms with E-state index in [4.69, 9.17) is 0 Å². The van der Waals surface area contributed by atoms with Crippen LogP contribution in [-0.4, -0.2) is 64.1 Å². The van der Waals surface area contributed by atoms with E-state index in [2.05, 4.69) is 35.3 Å². The molecule has 6 rings (SSSR count). The summed E-state index contributed by atoms with van der Waals surface area (Å²) in [6, 6.07) is 14.0. The molecule has 1 amide bonds. The number of amides is 1. The zero-order valence-electron chi connectivity index (χ0n) is 28.0. The lowest BCUT2D eigenvalue weighted by Crippen LogP contribution is -2.39. The van der Waals surface area contributed by atoms with Crippen LogP contribution in [-0.2, 0) is 16.1 Å². The number of thiazole rings is 1. The second-order valence-electron chi connectivity index (χ2n) is 11.8. The van der Waals surface area contributed by atoms with Crippen LogP contribution in [0.5, 0.6) is 0 Å². The van der Waals surface area contributed by atoms with E-state index in [9.17, 15) is 31.5 Å². The zero-order chi connectivity index (χ0) is 37.7. The van der Waals surface area contributed by atoms with E-state index in [1.807, 2.05) is 6.92 Å². The summed E-state index contributed by atoms with van der Waals surface area (Å²) in [5.74, 6) is -7.51. The molecule has 0 aliphatic carbocycles. The van der Waals surface area contributed by atoms with Crippen molar-refractivity contribution in [2.45, 2.75) is 32.4 Å². The number of benzene rings is 3. The van der Waals surface area contributed by atoms with Crippen molar-refractivity contribution in [2.24, 2.45) is 0 Å². The number of carbonyl (C=O) groups is 2. The first-order valence-corrected chi connectivity index (χ1v) is 17.3. The fourth-order valence-corrected chi connectivity index (χ4v) is 6.66. The summed E-state index contributed by atoms with van der Waals surface area (Å²) in [6.07, 6.45) is -1.20. The van der Waals surface area contributed by atoms with Crippen LogP contribution >= 0.6 is 11.3 Å². The predicted molar refractivity (Wildman–Crippen MR) is 187 cm³/mol. The maximum absolute atomic E-state index is 15.0. The Morgan fingerprint density at radius 3 is 2.38 bits per heavy atom. The average Bonchev–Trinajstić information content (AvgIpc) is 3.81. The summed E-state index contributed by atoms with van der Waals surface area (Å²) in [4.78, 5) is 45.9. The molecule has 17 heteroatoms. The fraction of sp³-hybridized carbons (Fsp3) is 0.250. The normalized spacial score (nSPS) is 13.2. The molecule has 0 unspecified atom stereocenters. The van der Waals surface area contributed by atoms with E-state index in [1.165, 1.54) is 41.8 Å². The number of rotatable bonds is 11. The highest BCUT2D eigenvalue weighted by Gasteiger charge is 2.44. The third kappa shape index (κ3) is 8.74. The lowest BCUT2D eigenvalue weighted by Gasteiger charge is -2.22. The number of aromatic nitrogens is 3. The van der Waals surface area contributed by atoms with Gasteiger partial charge in [0.25, 0.3) is 5.91 Å². The Morgan fingerprint density at radius 1 is 0.943 bits per heavy atom. The molecule has 1 fully saturated rings. The molecule has 1 saturated heterocycles. The number of hydrogen-bond acceptors (Lipinski definition) is 10. The van der Waals surface area contributed by atoms with Crippen LogP contribution in [0.1, 0.15) is 35.7 Å². The lowest BCUT2D eigenvalue weighted by atomic mass is 10.1. The van der Waals surface area contributed by atoms with Gasteiger partial charge in [-0.1, -0.05) is 35.6 Å². The van der Waals surface area contributed by atoms with E-state index in [0.717, 1.165) is 56.7 Å². The first-order chi connectivity index (χ1) is 25.4. The predicted octanol–water partition coefficient (Wildman–Crippen LogP) is 8.17. The molecule has 53 heavy (non-hydrogen) atoms. The van der Waals surface area contributed by atoms with E-state index in [-0.39, 0.29) is 28.1 Å². The SMILES string of the molecule is CCNc1nc(-c2cccc(N(OC(=O)C(F)(F)F)C(=O)c3c(F)cccc3F)c2)c(-c2ccnc(Nc3ccc(CCN4CCCC4)c(F)c3)n2)s1. The van der Waals surface area contributed by atoms with Crippen molar-refractivity contribution in [1.82, 2.24) is 19.9 Å². The van der Waals surface area contributed by atoms with Crippen molar-refractivity contribution in [3.8, 4) is 21.8 Å². The molecular weight excluding hydrogens is 724 g/mol. The molecule has 2 aromatic heterocycles. The van der Waals surface area contributed by atoms with Crippen molar-refractivity contribution in [1.29, 1.82) is 0 Å². The van der Waals surface area contributed by atoms with Crippen LogP contribution in [0, 0.1) is 17.5 Å². The highest BCUT2D eigenvalue weighted by atomic mass is 32.1. The van der Waals surface area contributed by atoms with Crippen LogP contribution in [0.25, 0.3) is 21.8 Å². The highest BCUT2D eigenvalue weighted by molar-refractivity contribution is 7.19. The van der Waals surface area contributed by atoms with Crippen molar-refractivity contribution in [3.63, 3.8) is 0 Å². The second kappa shape index (κ2) is 16.0. The van der Waals surface area contributed by atoms with E-state index >= 15 is 4.39 Å². The van der Waals surface area contributed by atoms with Gasteiger partial charge < -0.3 is 20.4 Å². The molecule has 1 aliphatic heterocycles. The Bertz CT molecular complexity index is 2100. The van der Waals surface area contributed by atoms with Crippen molar-refractivity contribution in [2.75, 3.05) is 41.9 Å². The van der Waals surface area contributed by atoms with Crippen LogP contribution in [0.3, 0.4) is 0 Å². The van der Waals surface area contributed by atoms with Crippen LogP contribution < -0.4 is 15.7 Å². The summed E-state index contributed by atoms with van der Waals surface area (Å²) in [5, 5.41) is 6.42. The highest BCUT2D eigenvalue weighted by Crippen LogP contribution is 2.40. The molecule has 3 heterocycles.